The zero-order valence-corrected chi connectivity index (χ0v) is 27.9. The predicted octanol–water partition coefficient (Wildman–Crippen LogP) is 7.36. The second kappa shape index (κ2) is 9.01. The summed E-state index contributed by atoms with van der Waals surface area (Å²) in [5, 5.41) is 4.36. The van der Waals surface area contributed by atoms with Crippen molar-refractivity contribution in [2.45, 2.75) is 155 Å². The molecule has 6 saturated heterocycles. The molecule has 0 radical (unpaired) electrons. The van der Waals surface area contributed by atoms with Crippen LogP contribution >= 0.6 is 7.06 Å². The van der Waals surface area contributed by atoms with Crippen LogP contribution in [0.15, 0.2) is 11.1 Å². The van der Waals surface area contributed by atoms with E-state index < -0.39 is 7.06 Å². The molecule has 6 fully saturated rings. The van der Waals surface area contributed by atoms with E-state index in [1.807, 2.05) is 5.57 Å². The molecule has 2 bridgehead atoms. The summed E-state index contributed by atoms with van der Waals surface area (Å²) in [6, 6.07) is 5.66. The summed E-state index contributed by atoms with van der Waals surface area (Å²) < 4.78 is 10.0. The standard InChI is InChI=1S/C34H61N4P/c1-11-23-19(5)27-15-29-20(6)25(13-3)33-18-34-26(14-4)22(8)31-17-30-21(7)24(12-2)32(16-28(23)35-27)37(30)39(9,10,36(29)33)38(31)34/h19-20,22-23,25-35H,11-18H2,1-10H3. The third-order valence-corrected chi connectivity index (χ3v) is 20.7. The first-order valence-electron chi connectivity index (χ1n) is 17.4. The molecule has 222 valence electrons. The molecule has 0 amide bonds. The van der Waals surface area contributed by atoms with Gasteiger partial charge in [-0.2, -0.15) is 0 Å². The molecule has 7 heterocycles. The summed E-state index contributed by atoms with van der Waals surface area (Å²) in [4.78, 5) is 0. The minimum absolute atomic E-state index is 0.622. The molecule has 5 heteroatoms. The quantitative estimate of drug-likeness (QED) is 0.288. The van der Waals surface area contributed by atoms with Crippen LogP contribution in [0.4, 0.5) is 0 Å². The van der Waals surface area contributed by atoms with Crippen LogP contribution < -0.4 is 5.32 Å². The summed E-state index contributed by atoms with van der Waals surface area (Å²) in [5.41, 5.74) is 3.61. The Balaban J connectivity index is 1.49. The molecule has 7 rings (SSSR count). The van der Waals surface area contributed by atoms with Crippen molar-refractivity contribution in [1.29, 1.82) is 0 Å². The van der Waals surface area contributed by atoms with Gasteiger partial charge in [0.25, 0.3) is 0 Å². The van der Waals surface area contributed by atoms with Crippen molar-refractivity contribution in [2.75, 3.05) is 13.3 Å². The number of nitrogens with zero attached hydrogens (tertiary/aromatic N) is 3. The Morgan fingerprint density at radius 1 is 0.641 bits per heavy atom. The monoisotopic (exact) mass is 556 g/mol. The van der Waals surface area contributed by atoms with Gasteiger partial charge in [0.15, 0.2) is 0 Å². The molecule has 0 aromatic heterocycles. The first kappa shape index (κ1) is 27.8. The molecule has 4 nitrogen and oxygen atoms in total. The van der Waals surface area contributed by atoms with Gasteiger partial charge in [0, 0.05) is 0 Å². The zero-order valence-electron chi connectivity index (χ0n) is 27.0. The van der Waals surface area contributed by atoms with Crippen molar-refractivity contribution in [3.05, 3.63) is 11.1 Å². The average Bonchev–Trinajstić information content (AvgIpc) is 3.53. The topological polar surface area (TPSA) is 21.8 Å². The van der Waals surface area contributed by atoms with E-state index in [0.717, 1.165) is 53.6 Å². The third-order valence-electron chi connectivity index (χ3n) is 14.9. The summed E-state index contributed by atoms with van der Waals surface area (Å²) in [7, 11) is -2.61. The molecule has 39 heavy (non-hydrogen) atoms. The molecule has 1 N–H and O–H groups in total. The zero-order chi connectivity index (χ0) is 27.8. The number of nitrogens with one attached hydrogen (secondary N) is 1. The molecule has 0 aromatic carbocycles. The van der Waals surface area contributed by atoms with Crippen LogP contribution in [0.5, 0.6) is 0 Å². The average molecular weight is 557 g/mol. The Hall–Kier alpha value is 0.0100. The van der Waals surface area contributed by atoms with E-state index in [1.54, 1.807) is 5.57 Å². The van der Waals surface area contributed by atoms with Crippen LogP contribution in [0.1, 0.15) is 107 Å². The van der Waals surface area contributed by atoms with Crippen molar-refractivity contribution in [3.8, 4) is 0 Å². The van der Waals surface area contributed by atoms with Gasteiger partial charge >= 0.3 is 241 Å². The summed E-state index contributed by atoms with van der Waals surface area (Å²) in [6.07, 6.45) is 10.8. The van der Waals surface area contributed by atoms with E-state index in [4.69, 9.17) is 0 Å². The van der Waals surface area contributed by atoms with E-state index >= 15 is 0 Å². The van der Waals surface area contributed by atoms with E-state index in [-0.39, 0.29) is 0 Å². The third kappa shape index (κ3) is 3.21. The van der Waals surface area contributed by atoms with Crippen LogP contribution in [-0.4, -0.2) is 75.7 Å². The Kier molecular flexibility index (Phi) is 6.43. The van der Waals surface area contributed by atoms with Crippen LogP contribution in [0, 0.1) is 35.5 Å². The molecule has 0 aliphatic carbocycles. The molecule has 14 unspecified atom stereocenters. The van der Waals surface area contributed by atoms with E-state index in [9.17, 15) is 0 Å². The van der Waals surface area contributed by atoms with Gasteiger partial charge in [0.1, 0.15) is 0 Å². The predicted molar refractivity (Wildman–Crippen MR) is 168 cm³/mol. The van der Waals surface area contributed by atoms with Crippen LogP contribution in [0.3, 0.4) is 0 Å². The summed E-state index contributed by atoms with van der Waals surface area (Å²) in [6.45, 7) is 26.3. The SMILES string of the molecule is CCC1=C(C)C2CC3C(C)C(CC)C4CC5C(CC)C(C)C6CC7NC(CC1N2P(C)(C)(N65)N34)C(CC)C7C. The van der Waals surface area contributed by atoms with Crippen molar-refractivity contribution in [3.63, 3.8) is 0 Å². The maximum atomic E-state index is 4.36. The van der Waals surface area contributed by atoms with Crippen LogP contribution in [0.25, 0.3) is 0 Å². The first-order chi connectivity index (χ1) is 18.5. The molecule has 14 atom stereocenters. The normalized spacial score (nSPS) is 55.0. The molecular formula is C34H61N4P. The van der Waals surface area contributed by atoms with Gasteiger partial charge < -0.3 is 0 Å². The van der Waals surface area contributed by atoms with Crippen molar-refractivity contribution in [2.24, 2.45) is 35.5 Å². The van der Waals surface area contributed by atoms with Gasteiger partial charge in [-0.3, -0.25) is 0 Å². The summed E-state index contributed by atoms with van der Waals surface area (Å²) in [5.74, 6) is 4.94. The molecular weight excluding hydrogens is 495 g/mol. The first-order valence-corrected chi connectivity index (χ1v) is 20.3. The molecule has 7 aliphatic rings. The van der Waals surface area contributed by atoms with Gasteiger partial charge in [0.05, 0.1) is 0 Å². The van der Waals surface area contributed by atoms with Crippen molar-refractivity contribution < 1.29 is 0 Å². The molecule has 7 aliphatic heterocycles. The van der Waals surface area contributed by atoms with Crippen LogP contribution in [0.2, 0.25) is 0 Å². The number of rotatable bonds is 4. The van der Waals surface area contributed by atoms with Gasteiger partial charge in [-0.25, -0.2) is 0 Å². The molecule has 0 spiro atoms. The van der Waals surface area contributed by atoms with Gasteiger partial charge in [-0.1, -0.05) is 0 Å². The van der Waals surface area contributed by atoms with Gasteiger partial charge in [-0.15, -0.1) is 0 Å². The van der Waals surface area contributed by atoms with Crippen molar-refractivity contribution in [1.82, 2.24) is 19.3 Å². The van der Waals surface area contributed by atoms with Gasteiger partial charge in [0.2, 0.25) is 0 Å². The fourth-order valence-electron chi connectivity index (χ4n) is 13.5. The maximum absolute atomic E-state index is 4.36. The Labute approximate surface area is 241 Å². The second-order valence-corrected chi connectivity index (χ2v) is 21.3. The molecule has 0 saturated carbocycles. The van der Waals surface area contributed by atoms with Crippen molar-refractivity contribution >= 4 is 7.06 Å². The Bertz CT molecular complexity index is 1040. The Morgan fingerprint density at radius 3 is 1.74 bits per heavy atom. The fourth-order valence-corrected chi connectivity index (χ4v) is 20.9. The number of hydrogen-bond donors (Lipinski definition) is 1. The molecule has 0 aromatic rings. The number of hydrogen-bond acceptors (Lipinski definition) is 4. The summed E-state index contributed by atoms with van der Waals surface area (Å²) >= 11 is 0. The fraction of sp³-hybridized carbons (Fsp3) is 0.941. The van der Waals surface area contributed by atoms with E-state index in [0.29, 0.717) is 30.2 Å². The van der Waals surface area contributed by atoms with E-state index in [2.05, 4.69) is 88.0 Å². The number of fused-ring (bicyclic) bond motifs is 2. The Morgan fingerprint density at radius 2 is 1.21 bits per heavy atom. The van der Waals surface area contributed by atoms with Gasteiger partial charge in [-0.05, 0) is 0 Å². The second-order valence-electron chi connectivity index (χ2n) is 16.0. The van der Waals surface area contributed by atoms with E-state index in [1.165, 1.54) is 51.4 Å². The minimum atomic E-state index is -2.61. The van der Waals surface area contributed by atoms with Crippen LogP contribution in [-0.2, 0) is 0 Å².